The van der Waals surface area contributed by atoms with Crippen LogP contribution < -0.4 is 0 Å². The van der Waals surface area contributed by atoms with Crippen molar-refractivity contribution in [1.29, 1.82) is 0 Å². The number of aryl methyl sites for hydroxylation is 1. The smallest absolute Gasteiger partial charge is 0.289 e. The number of hydrogen-bond acceptors (Lipinski definition) is 7. The molecule has 0 unspecified atom stereocenters. The number of oxime groups is 1. The zero-order chi connectivity index (χ0) is 25.2. The first-order valence-electron chi connectivity index (χ1n) is 13.3. The monoisotopic (exact) mass is 499 g/mol. The summed E-state index contributed by atoms with van der Waals surface area (Å²) in [5.41, 5.74) is 5.56. The van der Waals surface area contributed by atoms with Gasteiger partial charge in [0.15, 0.2) is 5.76 Å². The molecular weight excluding hydrogens is 466 g/mol. The molecule has 2 aromatic heterocycles. The van der Waals surface area contributed by atoms with E-state index in [0.717, 1.165) is 66.8 Å². The lowest BCUT2D eigenvalue weighted by Gasteiger charge is -2.35. The molecule has 0 atom stereocenters. The van der Waals surface area contributed by atoms with Gasteiger partial charge in [-0.1, -0.05) is 17.3 Å². The molecule has 2 aliphatic heterocycles. The van der Waals surface area contributed by atoms with Crippen LogP contribution in [0.3, 0.4) is 0 Å². The van der Waals surface area contributed by atoms with Gasteiger partial charge >= 0.3 is 0 Å². The van der Waals surface area contributed by atoms with Crippen LogP contribution in [0.25, 0.3) is 22.5 Å². The minimum Gasteiger partial charge on any atom is -0.450 e. The fourth-order valence-electron chi connectivity index (χ4n) is 5.79. The first kappa shape index (κ1) is 23.9. The molecule has 0 saturated carbocycles. The van der Waals surface area contributed by atoms with Crippen molar-refractivity contribution < 1.29 is 14.4 Å². The average molecular weight is 500 g/mol. The second-order valence-electron chi connectivity index (χ2n) is 10.2. The number of amides is 1. The van der Waals surface area contributed by atoms with Crippen LogP contribution in [0.2, 0.25) is 0 Å². The fourth-order valence-corrected chi connectivity index (χ4v) is 5.79. The molecule has 2 saturated heterocycles. The maximum atomic E-state index is 13.5. The number of carbonyl (C=O) groups excluding carboxylic acids is 1. The molecule has 37 heavy (non-hydrogen) atoms. The number of piperazine rings is 1. The number of fused-ring (bicyclic) bond motifs is 1. The normalized spacial score (nSPS) is 19.6. The summed E-state index contributed by atoms with van der Waals surface area (Å²) >= 11 is 0. The number of nitrogens with zero attached hydrogens (tertiary/aromatic N) is 5. The largest absolute Gasteiger partial charge is 0.450 e. The standard InChI is InChI=1S/C29H33N5O3/c35-29(34-17-15-33(16-18-34)14-13-32-11-1-2-12-32)27-20-25(21-7-9-30-10-8-21)28(37-27)23-3-5-24-22(19-23)4-6-26(24)31-36/h3,5,7-10,19-20,36H,1-2,4,6,11-18H2/b31-26+. The van der Waals surface area contributed by atoms with Crippen molar-refractivity contribution in [3.05, 3.63) is 65.7 Å². The van der Waals surface area contributed by atoms with E-state index in [4.69, 9.17) is 4.42 Å². The number of aromatic nitrogens is 1. The molecule has 0 bridgehead atoms. The van der Waals surface area contributed by atoms with E-state index in [1.165, 1.54) is 25.9 Å². The molecule has 4 heterocycles. The molecule has 1 aliphatic carbocycles. The van der Waals surface area contributed by atoms with E-state index < -0.39 is 0 Å². The minimum atomic E-state index is -0.0587. The molecular formula is C29H33N5O3. The predicted molar refractivity (Wildman–Crippen MR) is 142 cm³/mol. The zero-order valence-corrected chi connectivity index (χ0v) is 21.1. The molecule has 1 N–H and O–H groups in total. The average Bonchev–Trinajstić information content (AvgIpc) is 3.72. The number of likely N-dealkylation sites (tertiary alicyclic amines) is 1. The maximum Gasteiger partial charge on any atom is 0.289 e. The lowest BCUT2D eigenvalue weighted by Crippen LogP contribution is -2.50. The summed E-state index contributed by atoms with van der Waals surface area (Å²) in [4.78, 5) is 24.6. The van der Waals surface area contributed by atoms with Gasteiger partial charge in [-0.2, -0.15) is 0 Å². The lowest BCUT2D eigenvalue weighted by molar-refractivity contribution is 0.0597. The Hall–Kier alpha value is -3.49. The molecule has 1 amide bonds. The third-order valence-electron chi connectivity index (χ3n) is 7.96. The molecule has 0 spiro atoms. The van der Waals surface area contributed by atoms with E-state index in [9.17, 15) is 10.0 Å². The van der Waals surface area contributed by atoms with Crippen LogP contribution >= 0.6 is 0 Å². The van der Waals surface area contributed by atoms with Crippen molar-refractivity contribution >= 4 is 11.6 Å². The van der Waals surface area contributed by atoms with E-state index in [1.54, 1.807) is 12.4 Å². The van der Waals surface area contributed by atoms with Crippen LogP contribution in [0.1, 0.15) is 40.9 Å². The molecule has 1 aromatic carbocycles. The Balaban J connectivity index is 1.22. The van der Waals surface area contributed by atoms with Crippen LogP contribution in [-0.4, -0.2) is 88.9 Å². The number of carbonyl (C=O) groups is 1. The summed E-state index contributed by atoms with van der Waals surface area (Å²) in [6, 6.07) is 11.8. The van der Waals surface area contributed by atoms with Crippen LogP contribution in [0.5, 0.6) is 0 Å². The third kappa shape index (κ3) is 4.91. The fraction of sp³-hybridized carbons (Fsp3) is 0.414. The van der Waals surface area contributed by atoms with Gasteiger partial charge in [0.2, 0.25) is 0 Å². The first-order valence-corrected chi connectivity index (χ1v) is 13.3. The molecule has 8 heteroatoms. The first-order chi connectivity index (χ1) is 18.2. The number of furan rings is 1. The van der Waals surface area contributed by atoms with E-state index in [-0.39, 0.29) is 5.91 Å². The van der Waals surface area contributed by atoms with Crippen molar-refractivity contribution in [3.8, 4) is 22.5 Å². The highest BCUT2D eigenvalue weighted by Crippen LogP contribution is 2.37. The van der Waals surface area contributed by atoms with Crippen molar-refractivity contribution in [2.24, 2.45) is 5.16 Å². The Morgan fingerprint density at radius 3 is 2.32 bits per heavy atom. The van der Waals surface area contributed by atoms with Crippen LogP contribution in [0.4, 0.5) is 0 Å². The van der Waals surface area contributed by atoms with Crippen molar-refractivity contribution in [1.82, 2.24) is 19.7 Å². The number of benzene rings is 1. The quantitative estimate of drug-likeness (QED) is 0.408. The molecule has 3 aromatic rings. The summed E-state index contributed by atoms with van der Waals surface area (Å²) in [5, 5.41) is 12.7. The summed E-state index contributed by atoms with van der Waals surface area (Å²) in [7, 11) is 0. The summed E-state index contributed by atoms with van der Waals surface area (Å²) in [6.45, 7) is 7.84. The zero-order valence-electron chi connectivity index (χ0n) is 21.1. The van der Waals surface area contributed by atoms with Gasteiger partial charge in [0.05, 0.1) is 5.71 Å². The van der Waals surface area contributed by atoms with Crippen molar-refractivity contribution in [2.75, 3.05) is 52.4 Å². The van der Waals surface area contributed by atoms with Gasteiger partial charge < -0.3 is 19.4 Å². The number of hydrogen-bond donors (Lipinski definition) is 1. The molecule has 8 nitrogen and oxygen atoms in total. The predicted octanol–water partition coefficient (Wildman–Crippen LogP) is 3.99. The van der Waals surface area contributed by atoms with Crippen LogP contribution in [0.15, 0.2) is 58.4 Å². The highest BCUT2D eigenvalue weighted by atomic mass is 16.4. The second kappa shape index (κ2) is 10.5. The highest BCUT2D eigenvalue weighted by molar-refractivity contribution is 6.04. The van der Waals surface area contributed by atoms with E-state index in [1.807, 2.05) is 35.2 Å². The molecule has 6 rings (SSSR count). The number of pyridine rings is 1. The van der Waals surface area contributed by atoms with Gasteiger partial charge in [0.25, 0.3) is 5.91 Å². The Morgan fingerprint density at radius 1 is 0.865 bits per heavy atom. The van der Waals surface area contributed by atoms with E-state index in [2.05, 4.69) is 26.0 Å². The summed E-state index contributed by atoms with van der Waals surface area (Å²) in [6.07, 6.45) is 7.68. The Labute approximate surface area is 217 Å². The third-order valence-corrected chi connectivity index (χ3v) is 7.96. The molecule has 192 valence electrons. The van der Waals surface area contributed by atoms with Gasteiger partial charge in [-0.25, -0.2) is 0 Å². The maximum absolute atomic E-state index is 13.5. The van der Waals surface area contributed by atoms with Gasteiger partial charge in [0, 0.05) is 68.4 Å². The Morgan fingerprint density at radius 2 is 1.59 bits per heavy atom. The van der Waals surface area contributed by atoms with E-state index >= 15 is 0 Å². The molecule has 2 fully saturated rings. The topological polar surface area (TPSA) is 85.4 Å². The summed E-state index contributed by atoms with van der Waals surface area (Å²) < 4.78 is 6.31. The van der Waals surface area contributed by atoms with Gasteiger partial charge in [-0.05, 0) is 74.2 Å². The minimum absolute atomic E-state index is 0.0587. The van der Waals surface area contributed by atoms with Gasteiger partial charge in [-0.15, -0.1) is 0 Å². The van der Waals surface area contributed by atoms with Crippen LogP contribution in [0, 0.1) is 0 Å². The highest BCUT2D eigenvalue weighted by Gasteiger charge is 2.28. The lowest BCUT2D eigenvalue weighted by atomic mass is 9.99. The van der Waals surface area contributed by atoms with Crippen molar-refractivity contribution in [2.45, 2.75) is 25.7 Å². The Bertz CT molecular complexity index is 1290. The molecule has 0 radical (unpaired) electrons. The van der Waals surface area contributed by atoms with Crippen LogP contribution in [-0.2, 0) is 6.42 Å². The van der Waals surface area contributed by atoms with Crippen molar-refractivity contribution in [3.63, 3.8) is 0 Å². The molecule has 3 aliphatic rings. The second-order valence-corrected chi connectivity index (χ2v) is 10.2. The van der Waals surface area contributed by atoms with Gasteiger partial charge in [0.1, 0.15) is 5.76 Å². The summed E-state index contributed by atoms with van der Waals surface area (Å²) in [5.74, 6) is 0.984. The van der Waals surface area contributed by atoms with Gasteiger partial charge in [-0.3, -0.25) is 14.7 Å². The Kier molecular flexibility index (Phi) is 6.76. The number of rotatable bonds is 6. The SMILES string of the molecule is O=C(c1cc(-c2ccncc2)c(-c2ccc3c(c2)CC/C3=N\O)o1)N1CCN(CCN2CCCC2)CC1. The van der Waals surface area contributed by atoms with E-state index in [0.29, 0.717) is 30.3 Å².